The van der Waals surface area contributed by atoms with E-state index in [0.29, 0.717) is 39.6 Å². The van der Waals surface area contributed by atoms with Gasteiger partial charge in [-0.3, -0.25) is 0 Å². The second kappa shape index (κ2) is 12.6. The van der Waals surface area contributed by atoms with Crippen molar-refractivity contribution in [1.29, 1.82) is 0 Å². The molecule has 21 heavy (non-hydrogen) atoms. The molecule has 0 aromatic heterocycles. The van der Waals surface area contributed by atoms with Gasteiger partial charge in [-0.15, -0.1) is 0 Å². The van der Waals surface area contributed by atoms with Crippen LogP contribution in [0.1, 0.15) is 12.5 Å². The Bertz CT molecular complexity index is 360. The molecule has 0 bridgehead atoms. The lowest BCUT2D eigenvalue weighted by Gasteiger charge is -2.08. The molecule has 0 atom stereocenters. The summed E-state index contributed by atoms with van der Waals surface area (Å²) < 4.78 is 21.1. The van der Waals surface area contributed by atoms with Gasteiger partial charge in [0.05, 0.1) is 39.6 Å². The maximum absolute atomic E-state index is 5.47. The Morgan fingerprint density at radius 2 is 1.76 bits per heavy atom. The highest BCUT2D eigenvalue weighted by Gasteiger charge is 1.96. The predicted molar refractivity (Wildman–Crippen MR) is 82.8 cm³/mol. The molecule has 0 saturated heterocycles. The Morgan fingerprint density at radius 3 is 2.52 bits per heavy atom. The van der Waals surface area contributed by atoms with Crippen molar-refractivity contribution in [1.82, 2.24) is 5.32 Å². The van der Waals surface area contributed by atoms with Gasteiger partial charge in [-0.05, 0) is 24.6 Å². The van der Waals surface area contributed by atoms with Crippen LogP contribution in [-0.2, 0) is 20.8 Å². The fourth-order valence-corrected chi connectivity index (χ4v) is 1.75. The predicted octanol–water partition coefficient (Wildman–Crippen LogP) is 1.85. The molecule has 5 heteroatoms. The molecule has 1 N–H and O–H groups in total. The lowest BCUT2D eigenvalue weighted by molar-refractivity contribution is 0.0255. The maximum Gasteiger partial charge on any atom is 0.119 e. The standard InChI is InChI=1S/C16H27NO4/c1-3-21-16-6-4-5-15(13-16)14-17-7-8-19-11-12-20-10-9-18-2/h4-6,13,17H,3,7-12,14H2,1-2H3. The van der Waals surface area contributed by atoms with Crippen LogP contribution in [0.15, 0.2) is 24.3 Å². The number of hydrogen-bond acceptors (Lipinski definition) is 5. The second-order valence-corrected chi connectivity index (χ2v) is 4.47. The Balaban J connectivity index is 1.97. The molecular formula is C16H27NO4. The molecule has 0 radical (unpaired) electrons. The van der Waals surface area contributed by atoms with Crippen molar-refractivity contribution >= 4 is 0 Å². The van der Waals surface area contributed by atoms with Gasteiger partial charge in [-0.1, -0.05) is 12.1 Å². The van der Waals surface area contributed by atoms with Gasteiger partial charge in [0, 0.05) is 20.2 Å². The van der Waals surface area contributed by atoms with Crippen LogP contribution < -0.4 is 10.1 Å². The molecule has 0 saturated carbocycles. The average molecular weight is 297 g/mol. The third-order valence-electron chi connectivity index (χ3n) is 2.77. The molecule has 1 rings (SSSR count). The number of nitrogens with one attached hydrogen (secondary N) is 1. The van der Waals surface area contributed by atoms with E-state index in [1.807, 2.05) is 19.1 Å². The molecule has 0 aliphatic rings. The van der Waals surface area contributed by atoms with Gasteiger partial charge in [0.2, 0.25) is 0 Å². The largest absolute Gasteiger partial charge is 0.494 e. The molecule has 1 aromatic carbocycles. The minimum atomic E-state index is 0.611. The lowest BCUT2D eigenvalue weighted by atomic mass is 10.2. The molecule has 0 spiro atoms. The van der Waals surface area contributed by atoms with Gasteiger partial charge in [0.1, 0.15) is 5.75 Å². The van der Waals surface area contributed by atoms with Crippen molar-refractivity contribution < 1.29 is 18.9 Å². The first-order chi connectivity index (χ1) is 10.4. The number of benzene rings is 1. The summed E-state index contributed by atoms with van der Waals surface area (Å²) in [6.07, 6.45) is 0. The lowest BCUT2D eigenvalue weighted by Crippen LogP contribution is -2.20. The fraction of sp³-hybridized carbons (Fsp3) is 0.625. The molecule has 0 aliphatic heterocycles. The quantitative estimate of drug-likeness (QED) is 0.563. The van der Waals surface area contributed by atoms with Crippen molar-refractivity contribution in [3.63, 3.8) is 0 Å². The van der Waals surface area contributed by atoms with Crippen LogP contribution in [0.4, 0.5) is 0 Å². The molecule has 0 amide bonds. The summed E-state index contributed by atoms with van der Waals surface area (Å²) in [5, 5.41) is 3.34. The van der Waals surface area contributed by atoms with E-state index in [1.165, 1.54) is 5.56 Å². The summed E-state index contributed by atoms with van der Waals surface area (Å²) in [4.78, 5) is 0. The van der Waals surface area contributed by atoms with Crippen LogP contribution in [-0.4, -0.2) is 53.3 Å². The van der Waals surface area contributed by atoms with Crippen LogP contribution in [0.2, 0.25) is 0 Å². The minimum Gasteiger partial charge on any atom is -0.494 e. The van der Waals surface area contributed by atoms with Crippen LogP contribution in [0.5, 0.6) is 5.75 Å². The Labute approximate surface area is 127 Å². The highest BCUT2D eigenvalue weighted by atomic mass is 16.5. The molecule has 0 unspecified atom stereocenters. The van der Waals surface area contributed by atoms with E-state index in [2.05, 4.69) is 17.4 Å². The van der Waals surface area contributed by atoms with Crippen LogP contribution in [0.25, 0.3) is 0 Å². The van der Waals surface area contributed by atoms with Crippen LogP contribution in [0, 0.1) is 0 Å². The first-order valence-corrected chi connectivity index (χ1v) is 7.43. The molecule has 0 heterocycles. The average Bonchev–Trinajstić information content (AvgIpc) is 2.50. The van der Waals surface area contributed by atoms with Gasteiger partial charge < -0.3 is 24.3 Å². The molecule has 0 aliphatic carbocycles. The zero-order valence-electron chi connectivity index (χ0n) is 13.1. The van der Waals surface area contributed by atoms with Crippen molar-refractivity contribution in [3.05, 3.63) is 29.8 Å². The van der Waals surface area contributed by atoms with Gasteiger partial charge in [0.25, 0.3) is 0 Å². The van der Waals surface area contributed by atoms with E-state index in [-0.39, 0.29) is 0 Å². The first kappa shape index (κ1) is 17.9. The second-order valence-electron chi connectivity index (χ2n) is 4.47. The van der Waals surface area contributed by atoms with E-state index in [9.17, 15) is 0 Å². The summed E-state index contributed by atoms with van der Waals surface area (Å²) in [6, 6.07) is 8.12. The monoisotopic (exact) mass is 297 g/mol. The Kier molecular flexibility index (Phi) is 10.7. The smallest absolute Gasteiger partial charge is 0.119 e. The van der Waals surface area contributed by atoms with Crippen LogP contribution >= 0.6 is 0 Å². The number of rotatable bonds is 13. The van der Waals surface area contributed by atoms with Gasteiger partial charge in [-0.25, -0.2) is 0 Å². The molecule has 120 valence electrons. The first-order valence-electron chi connectivity index (χ1n) is 7.43. The zero-order valence-corrected chi connectivity index (χ0v) is 13.1. The SMILES string of the molecule is CCOc1cccc(CNCCOCCOCCOC)c1. The summed E-state index contributed by atoms with van der Waals surface area (Å²) in [7, 11) is 1.66. The topological polar surface area (TPSA) is 49.0 Å². The van der Waals surface area contributed by atoms with Gasteiger partial charge in [0.15, 0.2) is 0 Å². The van der Waals surface area contributed by atoms with Crippen molar-refractivity contribution in [2.75, 3.05) is 53.3 Å². The van der Waals surface area contributed by atoms with E-state index < -0.39 is 0 Å². The molecule has 1 aromatic rings. The molecule has 0 fully saturated rings. The third-order valence-corrected chi connectivity index (χ3v) is 2.77. The van der Waals surface area contributed by atoms with Crippen molar-refractivity contribution in [3.8, 4) is 5.75 Å². The van der Waals surface area contributed by atoms with Crippen molar-refractivity contribution in [2.24, 2.45) is 0 Å². The highest BCUT2D eigenvalue weighted by molar-refractivity contribution is 5.28. The third kappa shape index (κ3) is 9.42. The normalized spacial score (nSPS) is 10.8. The summed E-state index contributed by atoms with van der Waals surface area (Å²) >= 11 is 0. The summed E-state index contributed by atoms with van der Waals surface area (Å²) in [6.45, 7) is 7.46. The van der Waals surface area contributed by atoms with E-state index in [1.54, 1.807) is 7.11 Å². The molecular weight excluding hydrogens is 270 g/mol. The fourth-order valence-electron chi connectivity index (χ4n) is 1.75. The van der Waals surface area contributed by atoms with Gasteiger partial charge in [-0.2, -0.15) is 0 Å². The molecule has 5 nitrogen and oxygen atoms in total. The number of methoxy groups -OCH3 is 1. The van der Waals surface area contributed by atoms with E-state index in [0.717, 1.165) is 18.8 Å². The zero-order chi connectivity index (χ0) is 15.2. The minimum absolute atomic E-state index is 0.611. The van der Waals surface area contributed by atoms with E-state index in [4.69, 9.17) is 18.9 Å². The Hall–Kier alpha value is -1.14. The number of ether oxygens (including phenoxy) is 4. The Morgan fingerprint density at radius 1 is 1.00 bits per heavy atom. The van der Waals surface area contributed by atoms with Crippen molar-refractivity contribution in [2.45, 2.75) is 13.5 Å². The summed E-state index contributed by atoms with van der Waals surface area (Å²) in [5.74, 6) is 0.918. The highest BCUT2D eigenvalue weighted by Crippen LogP contribution is 2.12. The van der Waals surface area contributed by atoms with Crippen LogP contribution in [0.3, 0.4) is 0 Å². The number of hydrogen-bond donors (Lipinski definition) is 1. The van der Waals surface area contributed by atoms with E-state index >= 15 is 0 Å². The maximum atomic E-state index is 5.47. The van der Waals surface area contributed by atoms with Gasteiger partial charge >= 0.3 is 0 Å². The summed E-state index contributed by atoms with van der Waals surface area (Å²) in [5.41, 5.74) is 1.21.